The maximum atomic E-state index is 13.4. The molecule has 0 atom stereocenters. The molecule has 0 aliphatic heterocycles. The molecule has 1 N–H and O–H groups in total. The maximum Gasteiger partial charge on any atom is 0.252 e. The second-order valence-electron chi connectivity index (χ2n) is 9.63. The van der Waals surface area contributed by atoms with E-state index in [1.54, 1.807) is 10.9 Å². The lowest BCUT2D eigenvalue weighted by Gasteiger charge is -2.09. The number of para-hydroxylation sites is 1. The van der Waals surface area contributed by atoms with E-state index in [9.17, 15) is 4.79 Å². The van der Waals surface area contributed by atoms with Crippen LogP contribution in [0.25, 0.3) is 22.5 Å². The van der Waals surface area contributed by atoms with E-state index in [4.69, 9.17) is 10.1 Å². The van der Waals surface area contributed by atoms with Gasteiger partial charge in [-0.15, -0.1) is 0 Å². The Morgan fingerprint density at radius 3 is 2.59 bits per heavy atom. The van der Waals surface area contributed by atoms with E-state index in [-0.39, 0.29) is 5.91 Å². The zero-order chi connectivity index (χ0) is 25.4. The van der Waals surface area contributed by atoms with Crippen molar-refractivity contribution >= 4 is 16.9 Å². The van der Waals surface area contributed by atoms with Gasteiger partial charge in [0.15, 0.2) is 11.5 Å². The van der Waals surface area contributed by atoms with Crippen LogP contribution in [0.5, 0.6) is 0 Å². The molecule has 0 spiro atoms. The van der Waals surface area contributed by atoms with Crippen molar-refractivity contribution in [1.29, 1.82) is 0 Å². The van der Waals surface area contributed by atoms with Crippen molar-refractivity contribution in [2.24, 2.45) is 0 Å². The third-order valence-electron chi connectivity index (χ3n) is 6.87. The highest BCUT2D eigenvalue weighted by atomic mass is 16.1. The molecule has 6 rings (SSSR count). The lowest BCUT2D eigenvalue weighted by molar-refractivity contribution is 0.0954. The molecule has 5 aromatic rings. The topological polar surface area (TPSA) is 90.5 Å². The molecule has 1 aromatic carbocycles. The minimum atomic E-state index is -0.0883. The fourth-order valence-corrected chi connectivity index (χ4v) is 4.74. The Bertz CT molecular complexity index is 1570. The van der Waals surface area contributed by atoms with Crippen molar-refractivity contribution in [3.8, 4) is 11.5 Å². The van der Waals surface area contributed by atoms with Gasteiger partial charge in [0.25, 0.3) is 5.91 Å². The SMILES string of the molecule is Cc1nn(-c2ccccc2)cc1CCCNC(=O)c1cc(C2CC2)nc2c1c(C)nn2-c1ccccn1. The molecule has 4 heterocycles. The number of hydrogen-bond acceptors (Lipinski definition) is 5. The van der Waals surface area contributed by atoms with Crippen LogP contribution in [0.4, 0.5) is 0 Å². The fraction of sp³-hybridized carbons (Fsp3) is 0.276. The van der Waals surface area contributed by atoms with Crippen molar-refractivity contribution in [3.05, 3.63) is 95.2 Å². The van der Waals surface area contributed by atoms with Crippen LogP contribution in [-0.2, 0) is 6.42 Å². The molecule has 1 saturated carbocycles. The van der Waals surface area contributed by atoms with E-state index in [2.05, 4.69) is 21.6 Å². The van der Waals surface area contributed by atoms with Gasteiger partial charge in [-0.2, -0.15) is 14.9 Å². The summed E-state index contributed by atoms with van der Waals surface area (Å²) < 4.78 is 3.67. The van der Waals surface area contributed by atoms with Crippen LogP contribution >= 0.6 is 0 Å². The number of benzene rings is 1. The lowest BCUT2D eigenvalue weighted by atomic mass is 10.1. The predicted molar refractivity (Wildman–Crippen MR) is 142 cm³/mol. The number of carbonyl (C=O) groups is 1. The molecule has 1 fully saturated rings. The second kappa shape index (κ2) is 9.61. The zero-order valence-corrected chi connectivity index (χ0v) is 21.1. The first-order valence-electron chi connectivity index (χ1n) is 12.8. The molecule has 8 nitrogen and oxygen atoms in total. The van der Waals surface area contributed by atoms with Gasteiger partial charge >= 0.3 is 0 Å². The molecule has 4 aromatic heterocycles. The normalized spacial score (nSPS) is 13.2. The number of pyridine rings is 2. The Balaban J connectivity index is 1.20. The summed E-state index contributed by atoms with van der Waals surface area (Å²) in [7, 11) is 0. The molecule has 0 bridgehead atoms. The molecule has 1 aliphatic carbocycles. The van der Waals surface area contributed by atoms with Gasteiger partial charge in [0, 0.05) is 30.6 Å². The number of rotatable bonds is 8. The molecular formula is C29H29N7O. The molecule has 0 radical (unpaired) electrons. The minimum absolute atomic E-state index is 0.0883. The van der Waals surface area contributed by atoms with Gasteiger partial charge in [0.2, 0.25) is 0 Å². The molecular weight excluding hydrogens is 462 g/mol. The largest absolute Gasteiger partial charge is 0.352 e. The first-order chi connectivity index (χ1) is 18.1. The number of carbonyl (C=O) groups excluding carboxylic acids is 1. The van der Waals surface area contributed by atoms with E-state index in [0.29, 0.717) is 29.5 Å². The zero-order valence-electron chi connectivity index (χ0n) is 21.1. The van der Waals surface area contributed by atoms with Crippen LogP contribution in [0.15, 0.2) is 67.0 Å². The quantitative estimate of drug-likeness (QED) is 0.313. The minimum Gasteiger partial charge on any atom is -0.352 e. The fourth-order valence-electron chi connectivity index (χ4n) is 4.74. The van der Waals surface area contributed by atoms with Gasteiger partial charge in [-0.05, 0) is 75.4 Å². The summed E-state index contributed by atoms with van der Waals surface area (Å²) in [6.45, 7) is 4.53. The van der Waals surface area contributed by atoms with Crippen molar-refractivity contribution in [1.82, 2.24) is 34.8 Å². The number of aromatic nitrogens is 6. The van der Waals surface area contributed by atoms with Gasteiger partial charge in [0.05, 0.1) is 28.0 Å². The first-order valence-corrected chi connectivity index (χ1v) is 12.8. The highest BCUT2D eigenvalue weighted by Gasteiger charge is 2.29. The molecule has 186 valence electrons. The Labute approximate surface area is 215 Å². The van der Waals surface area contributed by atoms with E-state index < -0.39 is 0 Å². The van der Waals surface area contributed by atoms with Gasteiger partial charge in [0.1, 0.15) is 0 Å². The van der Waals surface area contributed by atoms with Crippen LogP contribution in [0.1, 0.15) is 58.2 Å². The van der Waals surface area contributed by atoms with Crippen LogP contribution < -0.4 is 5.32 Å². The summed E-state index contributed by atoms with van der Waals surface area (Å²) in [5.74, 6) is 1.01. The average Bonchev–Trinajstić information content (AvgIpc) is 3.64. The number of nitrogens with zero attached hydrogens (tertiary/aromatic N) is 6. The standard InChI is InChI=1S/C29H29N7O/c1-19-22(18-35(33-19)23-10-4-3-5-11-23)9-8-16-31-29(37)24-17-25(21-13-14-21)32-28-27(24)20(2)34-36(28)26-12-6-7-15-30-26/h3-7,10-12,15,17-18,21H,8-9,13-14,16H2,1-2H3,(H,31,37). The number of nitrogens with one attached hydrogen (secondary N) is 1. The summed E-state index contributed by atoms with van der Waals surface area (Å²) in [4.78, 5) is 22.8. The van der Waals surface area contributed by atoms with E-state index >= 15 is 0 Å². The van der Waals surface area contributed by atoms with Crippen LogP contribution in [0.3, 0.4) is 0 Å². The number of fused-ring (bicyclic) bond motifs is 1. The van der Waals surface area contributed by atoms with E-state index in [0.717, 1.165) is 53.8 Å². The molecule has 37 heavy (non-hydrogen) atoms. The summed E-state index contributed by atoms with van der Waals surface area (Å²) in [6, 6.07) is 17.8. The van der Waals surface area contributed by atoms with Gasteiger partial charge in [-0.1, -0.05) is 24.3 Å². The highest BCUT2D eigenvalue weighted by molar-refractivity contribution is 6.06. The van der Waals surface area contributed by atoms with Crippen LogP contribution in [-0.4, -0.2) is 42.0 Å². The molecule has 8 heteroatoms. The van der Waals surface area contributed by atoms with Crippen molar-refractivity contribution in [3.63, 3.8) is 0 Å². The Kier molecular flexibility index (Phi) is 6.00. The second-order valence-corrected chi connectivity index (χ2v) is 9.63. The summed E-state index contributed by atoms with van der Waals surface area (Å²) in [5.41, 5.74) is 6.29. The first kappa shape index (κ1) is 23.1. The third-order valence-corrected chi connectivity index (χ3v) is 6.87. The summed E-state index contributed by atoms with van der Waals surface area (Å²) >= 11 is 0. The predicted octanol–water partition coefficient (Wildman–Crippen LogP) is 4.86. The molecule has 0 unspecified atom stereocenters. The van der Waals surface area contributed by atoms with Crippen molar-refractivity contribution in [2.45, 2.75) is 45.4 Å². The Hall–Kier alpha value is -4.33. The third kappa shape index (κ3) is 4.62. The Morgan fingerprint density at radius 1 is 1.03 bits per heavy atom. The highest BCUT2D eigenvalue weighted by Crippen LogP contribution is 2.40. The summed E-state index contributed by atoms with van der Waals surface area (Å²) in [6.07, 6.45) is 7.69. The average molecular weight is 492 g/mol. The summed E-state index contributed by atoms with van der Waals surface area (Å²) in [5, 5.41) is 13.3. The van der Waals surface area contributed by atoms with Gasteiger partial charge in [-0.3, -0.25) is 4.79 Å². The van der Waals surface area contributed by atoms with Crippen molar-refractivity contribution in [2.75, 3.05) is 6.54 Å². The van der Waals surface area contributed by atoms with E-state index in [1.807, 2.05) is 73.1 Å². The molecule has 1 aliphatic rings. The molecule has 1 amide bonds. The number of hydrogen-bond donors (Lipinski definition) is 1. The molecule has 0 saturated heterocycles. The van der Waals surface area contributed by atoms with Gasteiger partial charge < -0.3 is 5.32 Å². The van der Waals surface area contributed by atoms with Gasteiger partial charge in [-0.25, -0.2) is 14.6 Å². The monoisotopic (exact) mass is 491 g/mol. The number of aryl methyl sites for hydroxylation is 3. The smallest absolute Gasteiger partial charge is 0.252 e. The van der Waals surface area contributed by atoms with Crippen molar-refractivity contribution < 1.29 is 4.79 Å². The maximum absolute atomic E-state index is 13.4. The van der Waals surface area contributed by atoms with E-state index in [1.165, 1.54) is 5.56 Å². The van der Waals surface area contributed by atoms with Crippen LogP contribution in [0.2, 0.25) is 0 Å². The van der Waals surface area contributed by atoms with Crippen LogP contribution in [0, 0.1) is 13.8 Å². The Morgan fingerprint density at radius 2 is 1.84 bits per heavy atom. The lowest BCUT2D eigenvalue weighted by Crippen LogP contribution is -2.25. The number of amides is 1.